The number of hydrogen-bond acceptors (Lipinski definition) is 3. The van der Waals surface area contributed by atoms with E-state index in [0.29, 0.717) is 24.0 Å². The van der Waals surface area contributed by atoms with Crippen molar-refractivity contribution in [2.45, 2.75) is 84.5 Å². The first-order valence-electron chi connectivity index (χ1n) is 8.92. The number of fused-ring (bicyclic) bond motifs is 1. The molecule has 4 atom stereocenters. The normalized spacial score (nSPS) is 34.3. The molecule has 1 saturated heterocycles. The summed E-state index contributed by atoms with van der Waals surface area (Å²) in [6.07, 6.45) is 7.79. The van der Waals surface area contributed by atoms with Crippen LogP contribution in [0.3, 0.4) is 0 Å². The Kier molecular flexibility index (Phi) is 6.51. The van der Waals surface area contributed by atoms with Crippen LogP contribution < -0.4 is 0 Å². The quantitative estimate of drug-likeness (QED) is 0.597. The van der Waals surface area contributed by atoms with Crippen LogP contribution in [-0.4, -0.2) is 38.1 Å². The Morgan fingerprint density at radius 2 is 1.76 bits per heavy atom. The summed E-state index contributed by atoms with van der Waals surface area (Å²) in [7, 11) is 0. The lowest BCUT2D eigenvalue weighted by molar-refractivity contribution is -0.0738. The standard InChI is InChI=1S/C18H34O3/c1-5-7-9-19-13-16-17(20-10-8-6-2)14-11-18(3,4)12-15(14)21-16/h14-17H,5-13H2,1-4H3/t14-,15+,16+,17+/m0/s1. The van der Waals surface area contributed by atoms with E-state index in [9.17, 15) is 0 Å². The minimum atomic E-state index is 0.143. The molecule has 3 nitrogen and oxygen atoms in total. The molecule has 1 aliphatic carbocycles. The summed E-state index contributed by atoms with van der Waals surface area (Å²) in [5.74, 6) is 0.566. The summed E-state index contributed by atoms with van der Waals surface area (Å²) in [5, 5.41) is 0. The van der Waals surface area contributed by atoms with Gasteiger partial charge in [0.15, 0.2) is 0 Å². The maximum Gasteiger partial charge on any atom is 0.108 e. The van der Waals surface area contributed by atoms with E-state index in [-0.39, 0.29) is 12.2 Å². The van der Waals surface area contributed by atoms with Crippen molar-refractivity contribution in [3.8, 4) is 0 Å². The molecule has 1 heterocycles. The van der Waals surface area contributed by atoms with Gasteiger partial charge in [-0.1, -0.05) is 40.5 Å². The Balaban J connectivity index is 1.87. The van der Waals surface area contributed by atoms with Crippen molar-refractivity contribution in [1.29, 1.82) is 0 Å². The molecule has 0 aromatic carbocycles. The van der Waals surface area contributed by atoms with E-state index in [4.69, 9.17) is 14.2 Å². The first-order valence-corrected chi connectivity index (χ1v) is 8.92. The summed E-state index contributed by atoms with van der Waals surface area (Å²) < 4.78 is 18.3. The van der Waals surface area contributed by atoms with Gasteiger partial charge in [-0.2, -0.15) is 0 Å². The van der Waals surface area contributed by atoms with Crippen LogP contribution in [0.2, 0.25) is 0 Å². The Hall–Kier alpha value is -0.120. The third-order valence-corrected chi connectivity index (χ3v) is 4.89. The molecular weight excluding hydrogens is 264 g/mol. The van der Waals surface area contributed by atoms with Gasteiger partial charge in [0, 0.05) is 19.1 Å². The lowest BCUT2D eigenvalue weighted by Gasteiger charge is -2.26. The third-order valence-electron chi connectivity index (χ3n) is 4.89. The summed E-state index contributed by atoms with van der Waals surface area (Å²) in [4.78, 5) is 0. The average Bonchev–Trinajstić information content (AvgIpc) is 2.88. The molecular formula is C18H34O3. The molecule has 124 valence electrons. The SMILES string of the molecule is CCCCOC[C@H]1O[C@@H]2CC(C)(C)C[C@@H]2[C@H]1OCCCC. The Bertz CT molecular complexity index is 303. The van der Waals surface area contributed by atoms with Gasteiger partial charge in [0.25, 0.3) is 0 Å². The zero-order valence-electron chi connectivity index (χ0n) is 14.4. The fourth-order valence-electron chi connectivity index (χ4n) is 3.78. The van der Waals surface area contributed by atoms with Crippen molar-refractivity contribution in [1.82, 2.24) is 0 Å². The Morgan fingerprint density at radius 3 is 2.48 bits per heavy atom. The number of rotatable bonds is 9. The van der Waals surface area contributed by atoms with Gasteiger partial charge < -0.3 is 14.2 Å². The zero-order valence-corrected chi connectivity index (χ0v) is 14.4. The van der Waals surface area contributed by atoms with Crippen LogP contribution in [0, 0.1) is 11.3 Å². The Morgan fingerprint density at radius 1 is 1.05 bits per heavy atom. The number of unbranched alkanes of at least 4 members (excludes halogenated alkanes) is 2. The maximum atomic E-state index is 6.29. The van der Waals surface area contributed by atoms with Crippen LogP contribution in [0.15, 0.2) is 0 Å². The predicted molar refractivity (Wildman–Crippen MR) is 85.5 cm³/mol. The molecule has 0 aromatic heterocycles. The smallest absolute Gasteiger partial charge is 0.108 e. The molecule has 0 N–H and O–H groups in total. The summed E-state index contributed by atoms with van der Waals surface area (Å²) in [6, 6.07) is 0. The molecule has 1 aliphatic heterocycles. The van der Waals surface area contributed by atoms with Gasteiger partial charge in [0.2, 0.25) is 0 Å². The Labute approximate surface area is 130 Å². The molecule has 21 heavy (non-hydrogen) atoms. The van der Waals surface area contributed by atoms with Gasteiger partial charge in [0.05, 0.1) is 18.8 Å². The predicted octanol–water partition coefficient (Wildman–Crippen LogP) is 4.19. The topological polar surface area (TPSA) is 27.7 Å². The highest BCUT2D eigenvalue weighted by Crippen LogP contribution is 2.49. The van der Waals surface area contributed by atoms with Crippen LogP contribution in [-0.2, 0) is 14.2 Å². The van der Waals surface area contributed by atoms with Gasteiger partial charge in [-0.05, 0) is 31.1 Å². The van der Waals surface area contributed by atoms with Crippen LogP contribution in [0.4, 0.5) is 0 Å². The first-order chi connectivity index (χ1) is 10.1. The summed E-state index contributed by atoms with van der Waals surface area (Å²) >= 11 is 0. The molecule has 0 unspecified atom stereocenters. The lowest BCUT2D eigenvalue weighted by atomic mass is 9.88. The minimum absolute atomic E-state index is 0.143. The first kappa shape index (κ1) is 17.2. The molecule has 2 aliphatic rings. The average molecular weight is 298 g/mol. The fraction of sp³-hybridized carbons (Fsp3) is 1.00. The highest BCUT2D eigenvalue weighted by atomic mass is 16.6. The molecule has 2 rings (SSSR count). The van der Waals surface area contributed by atoms with Crippen LogP contribution >= 0.6 is 0 Å². The largest absolute Gasteiger partial charge is 0.379 e. The molecule has 1 saturated carbocycles. The van der Waals surface area contributed by atoms with Crippen molar-refractivity contribution < 1.29 is 14.2 Å². The molecule has 0 radical (unpaired) electrons. The second-order valence-electron chi connectivity index (χ2n) is 7.57. The van der Waals surface area contributed by atoms with E-state index in [0.717, 1.165) is 32.5 Å². The second-order valence-corrected chi connectivity index (χ2v) is 7.57. The number of ether oxygens (including phenoxy) is 3. The highest BCUT2D eigenvalue weighted by molar-refractivity contribution is 5.01. The fourth-order valence-corrected chi connectivity index (χ4v) is 3.78. The van der Waals surface area contributed by atoms with E-state index in [1.165, 1.54) is 19.3 Å². The highest BCUT2D eigenvalue weighted by Gasteiger charge is 2.52. The molecule has 0 bridgehead atoms. The summed E-state index contributed by atoms with van der Waals surface area (Å²) in [6.45, 7) is 11.5. The molecule has 2 fully saturated rings. The van der Waals surface area contributed by atoms with Gasteiger partial charge in [0.1, 0.15) is 6.10 Å². The van der Waals surface area contributed by atoms with Crippen molar-refractivity contribution in [3.05, 3.63) is 0 Å². The monoisotopic (exact) mass is 298 g/mol. The van der Waals surface area contributed by atoms with E-state index < -0.39 is 0 Å². The molecule has 0 aromatic rings. The van der Waals surface area contributed by atoms with Gasteiger partial charge in [-0.15, -0.1) is 0 Å². The van der Waals surface area contributed by atoms with Gasteiger partial charge in [-0.3, -0.25) is 0 Å². The zero-order chi connectivity index (χ0) is 15.3. The van der Waals surface area contributed by atoms with Crippen LogP contribution in [0.25, 0.3) is 0 Å². The van der Waals surface area contributed by atoms with Crippen molar-refractivity contribution in [3.63, 3.8) is 0 Å². The van der Waals surface area contributed by atoms with Crippen molar-refractivity contribution >= 4 is 0 Å². The molecule has 0 amide bonds. The summed E-state index contributed by atoms with van der Waals surface area (Å²) in [5.41, 5.74) is 0.399. The maximum absolute atomic E-state index is 6.29. The molecule has 3 heteroatoms. The third kappa shape index (κ3) is 4.67. The van der Waals surface area contributed by atoms with Crippen molar-refractivity contribution in [2.75, 3.05) is 19.8 Å². The molecule has 0 spiro atoms. The van der Waals surface area contributed by atoms with Crippen molar-refractivity contribution in [2.24, 2.45) is 11.3 Å². The van der Waals surface area contributed by atoms with E-state index in [1.807, 2.05) is 0 Å². The van der Waals surface area contributed by atoms with Crippen LogP contribution in [0.1, 0.15) is 66.2 Å². The lowest BCUT2D eigenvalue weighted by Crippen LogP contribution is -2.34. The number of hydrogen-bond donors (Lipinski definition) is 0. The van der Waals surface area contributed by atoms with E-state index >= 15 is 0 Å². The van der Waals surface area contributed by atoms with Gasteiger partial charge in [-0.25, -0.2) is 0 Å². The van der Waals surface area contributed by atoms with Gasteiger partial charge >= 0.3 is 0 Å². The second kappa shape index (κ2) is 7.94. The van der Waals surface area contributed by atoms with E-state index in [2.05, 4.69) is 27.7 Å². The van der Waals surface area contributed by atoms with E-state index in [1.54, 1.807) is 0 Å². The minimum Gasteiger partial charge on any atom is -0.379 e. The van der Waals surface area contributed by atoms with Crippen LogP contribution in [0.5, 0.6) is 0 Å².